The average Bonchev–Trinajstić information content (AvgIpc) is 2.26. The number of carbonyl (C=O) groups is 1. The number of nitrogen functional groups attached to an aromatic ring is 1. The van der Waals surface area contributed by atoms with Crippen molar-refractivity contribution in [2.45, 2.75) is 18.7 Å². The highest BCUT2D eigenvalue weighted by Gasteiger charge is 2.12. The first-order valence-corrected chi connectivity index (χ1v) is 6.14. The first-order chi connectivity index (χ1) is 7.56. The number of ether oxygens (including phenoxy) is 1. The van der Waals surface area contributed by atoms with Crippen LogP contribution in [0.2, 0.25) is 0 Å². The number of anilines is 1. The van der Waals surface area contributed by atoms with Crippen molar-refractivity contribution in [3.8, 4) is 0 Å². The van der Waals surface area contributed by atoms with Gasteiger partial charge in [-0.2, -0.15) is 0 Å². The topological polar surface area (TPSA) is 52.3 Å². The van der Waals surface area contributed by atoms with E-state index in [2.05, 4.69) is 18.6 Å². The molecule has 16 heavy (non-hydrogen) atoms. The summed E-state index contributed by atoms with van der Waals surface area (Å²) in [4.78, 5) is 12.4. The number of esters is 1. The normalized spacial score (nSPS) is 10.5. The summed E-state index contributed by atoms with van der Waals surface area (Å²) >= 11 is 1.66. The van der Waals surface area contributed by atoms with Gasteiger partial charge in [0.05, 0.1) is 18.4 Å². The van der Waals surface area contributed by atoms with Crippen LogP contribution in [0.15, 0.2) is 23.1 Å². The highest BCUT2D eigenvalue weighted by molar-refractivity contribution is 7.99. The van der Waals surface area contributed by atoms with Crippen molar-refractivity contribution >= 4 is 23.4 Å². The SMILES string of the molecule is COC(=O)c1cccc(SCC(C)C)c1N. The molecule has 0 saturated carbocycles. The Morgan fingerprint density at radius 1 is 1.50 bits per heavy atom. The second-order valence-electron chi connectivity index (χ2n) is 3.91. The number of rotatable bonds is 4. The Hall–Kier alpha value is -1.16. The number of hydrogen-bond acceptors (Lipinski definition) is 4. The van der Waals surface area contributed by atoms with E-state index in [1.807, 2.05) is 12.1 Å². The number of thioether (sulfide) groups is 1. The van der Waals surface area contributed by atoms with Gasteiger partial charge in [-0.25, -0.2) is 4.79 Å². The molecule has 0 saturated heterocycles. The van der Waals surface area contributed by atoms with Crippen molar-refractivity contribution in [2.24, 2.45) is 5.92 Å². The molecule has 0 amide bonds. The molecule has 0 aromatic heterocycles. The van der Waals surface area contributed by atoms with E-state index in [9.17, 15) is 4.79 Å². The van der Waals surface area contributed by atoms with Crippen LogP contribution in [0, 0.1) is 5.92 Å². The molecular formula is C12H17NO2S. The number of methoxy groups -OCH3 is 1. The zero-order chi connectivity index (χ0) is 12.1. The van der Waals surface area contributed by atoms with E-state index in [1.54, 1.807) is 17.8 Å². The molecular weight excluding hydrogens is 222 g/mol. The van der Waals surface area contributed by atoms with Gasteiger partial charge >= 0.3 is 5.97 Å². The Balaban J connectivity index is 2.90. The monoisotopic (exact) mass is 239 g/mol. The molecule has 0 radical (unpaired) electrons. The van der Waals surface area contributed by atoms with Gasteiger partial charge in [-0.15, -0.1) is 11.8 Å². The van der Waals surface area contributed by atoms with E-state index in [-0.39, 0.29) is 5.97 Å². The van der Waals surface area contributed by atoms with Gasteiger partial charge in [0.2, 0.25) is 0 Å². The zero-order valence-corrected chi connectivity index (χ0v) is 10.6. The summed E-state index contributed by atoms with van der Waals surface area (Å²) < 4.78 is 4.67. The van der Waals surface area contributed by atoms with Crippen LogP contribution in [0.5, 0.6) is 0 Å². The third-order valence-electron chi connectivity index (χ3n) is 2.04. The van der Waals surface area contributed by atoms with Crippen LogP contribution in [0.1, 0.15) is 24.2 Å². The predicted molar refractivity (Wildman–Crippen MR) is 67.8 cm³/mol. The standard InChI is InChI=1S/C12H17NO2S/c1-8(2)7-16-10-6-4-5-9(11(10)13)12(14)15-3/h4-6,8H,7,13H2,1-3H3. The molecule has 0 atom stereocenters. The summed E-state index contributed by atoms with van der Waals surface area (Å²) in [6, 6.07) is 5.43. The quantitative estimate of drug-likeness (QED) is 0.498. The van der Waals surface area contributed by atoms with Crippen LogP contribution in [0.3, 0.4) is 0 Å². The average molecular weight is 239 g/mol. The summed E-state index contributed by atoms with van der Waals surface area (Å²) in [5.41, 5.74) is 6.88. The molecule has 0 unspecified atom stereocenters. The van der Waals surface area contributed by atoms with E-state index in [0.717, 1.165) is 10.6 Å². The summed E-state index contributed by atoms with van der Waals surface area (Å²) in [5, 5.41) is 0. The van der Waals surface area contributed by atoms with Gasteiger partial charge in [-0.1, -0.05) is 19.9 Å². The van der Waals surface area contributed by atoms with Crippen LogP contribution in [0.4, 0.5) is 5.69 Å². The molecule has 2 N–H and O–H groups in total. The molecule has 1 aromatic rings. The van der Waals surface area contributed by atoms with Crippen molar-refractivity contribution in [1.82, 2.24) is 0 Å². The van der Waals surface area contributed by atoms with Crippen LogP contribution < -0.4 is 5.73 Å². The highest BCUT2D eigenvalue weighted by atomic mass is 32.2. The van der Waals surface area contributed by atoms with E-state index in [0.29, 0.717) is 17.2 Å². The van der Waals surface area contributed by atoms with Crippen molar-refractivity contribution in [1.29, 1.82) is 0 Å². The number of benzene rings is 1. The van der Waals surface area contributed by atoms with Gasteiger partial charge in [0.15, 0.2) is 0 Å². The molecule has 0 bridgehead atoms. The smallest absolute Gasteiger partial charge is 0.339 e. The lowest BCUT2D eigenvalue weighted by Crippen LogP contribution is -2.06. The van der Waals surface area contributed by atoms with Gasteiger partial charge in [-0.3, -0.25) is 0 Å². The van der Waals surface area contributed by atoms with Gasteiger partial charge in [0, 0.05) is 10.6 Å². The summed E-state index contributed by atoms with van der Waals surface area (Å²) in [5.74, 6) is 1.19. The van der Waals surface area contributed by atoms with E-state index in [1.165, 1.54) is 7.11 Å². The van der Waals surface area contributed by atoms with Crippen molar-refractivity contribution in [3.63, 3.8) is 0 Å². The predicted octanol–water partition coefficient (Wildman–Crippen LogP) is 2.80. The molecule has 88 valence electrons. The van der Waals surface area contributed by atoms with Gasteiger partial charge in [0.25, 0.3) is 0 Å². The van der Waals surface area contributed by atoms with Crippen LogP contribution in [0.25, 0.3) is 0 Å². The maximum absolute atomic E-state index is 11.4. The van der Waals surface area contributed by atoms with Crippen molar-refractivity contribution in [2.75, 3.05) is 18.6 Å². The molecule has 0 spiro atoms. The minimum Gasteiger partial charge on any atom is -0.465 e. The lowest BCUT2D eigenvalue weighted by molar-refractivity contribution is 0.0601. The van der Waals surface area contributed by atoms with Gasteiger partial charge in [0.1, 0.15) is 0 Å². The van der Waals surface area contributed by atoms with Crippen LogP contribution in [-0.2, 0) is 4.74 Å². The van der Waals surface area contributed by atoms with Gasteiger partial charge in [-0.05, 0) is 18.1 Å². The molecule has 0 aliphatic heterocycles. The Labute approximate surface area is 100 Å². The second kappa shape index (κ2) is 5.80. The third-order valence-corrected chi connectivity index (χ3v) is 3.54. The minimum atomic E-state index is -0.385. The summed E-state index contributed by atoms with van der Waals surface area (Å²) in [6.07, 6.45) is 0. The molecule has 0 fully saturated rings. The van der Waals surface area contributed by atoms with Gasteiger partial charge < -0.3 is 10.5 Å². The van der Waals surface area contributed by atoms with Crippen molar-refractivity contribution in [3.05, 3.63) is 23.8 Å². The lowest BCUT2D eigenvalue weighted by atomic mass is 10.2. The number of nitrogens with two attached hydrogens (primary N) is 1. The number of hydrogen-bond donors (Lipinski definition) is 1. The fraction of sp³-hybridized carbons (Fsp3) is 0.417. The Morgan fingerprint density at radius 3 is 2.75 bits per heavy atom. The molecule has 0 aliphatic carbocycles. The highest BCUT2D eigenvalue weighted by Crippen LogP contribution is 2.29. The van der Waals surface area contributed by atoms with E-state index in [4.69, 9.17) is 5.73 Å². The first-order valence-electron chi connectivity index (χ1n) is 5.15. The lowest BCUT2D eigenvalue weighted by Gasteiger charge is -2.10. The summed E-state index contributed by atoms with van der Waals surface area (Å²) in [7, 11) is 1.36. The summed E-state index contributed by atoms with van der Waals surface area (Å²) in [6.45, 7) is 4.29. The molecule has 3 nitrogen and oxygen atoms in total. The Morgan fingerprint density at radius 2 is 2.19 bits per heavy atom. The van der Waals surface area contributed by atoms with Crippen LogP contribution in [-0.4, -0.2) is 18.8 Å². The second-order valence-corrected chi connectivity index (χ2v) is 4.98. The molecule has 0 heterocycles. The largest absolute Gasteiger partial charge is 0.465 e. The fourth-order valence-corrected chi connectivity index (χ4v) is 2.17. The minimum absolute atomic E-state index is 0.385. The van der Waals surface area contributed by atoms with E-state index < -0.39 is 0 Å². The zero-order valence-electron chi connectivity index (χ0n) is 9.82. The first kappa shape index (κ1) is 12.9. The molecule has 0 aliphatic rings. The Bertz CT molecular complexity index is 377. The molecule has 4 heteroatoms. The molecule has 1 aromatic carbocycles. The van der Waals surface area contributed by atoms with E-state index >= 15 is 0 Å². The number of para-hydroxylation sites is 1. The fourth-order valence-electron chi connectivity index (χ4n) is 1.21. The molecule has 1 rings (SSSR count). The Kier molecular flexibility index (Phi) is 4.68. The number of carbonyl (C=O) groups excluding carboxylic acids is 1. The third kappa shape index (κ3) is 3.17. The van der Waals surface area contributed by atoms with Crippen LogP contribution >= 0.6 is 11.8 Å². The maximum Gasteiger partial charge on any atom is 0.339 e. The maximum atomic E-state index is 11.4. The van der Waals surface area contributed by atoms with Crippen molar-refractivity contribution < 1.29 is 9.53 Å².